The quantitative estimate of drug-likeness (QED) is 0.281. The summed E-state index contributed by atoms with van der Waals surface area (Å²) in [5.41, 5.74) is 6.52. The molecule has 3 aliphatic heterocycles. The Balaban J connectivity index is 1.16. The molecule has 3 heterocycles. The van der Waals surface area contributed by atoms with E-state index in [1.165, 1.54) is 32.1 Å². The number of guanidine groups is 1. The number of aliphatic imine (C=N–C) groups is 4. The standard InChI is InChI=1S/C36H28N6/c1-22-19-23(2)42-35(41-36(42)37-22)27-15-13-26(14-16-27)32-38-33(30-17-11-24-7-3-5-9-28(24)20-30)40-34(39-32)31-18-12-25-8-4-6-10-29(25)21-31/h3-21,33,35H,1-2H3,(H,38,39,40)/p+1. The number of quaternary nitrogens is 1. The molecular weight excluding hydrogens is 516 g/mol. The number of hydrogen-bond acceptors (Lipinski definition) is 5. The predicted molar refractivity (Wildman–Crippen MR) is 171 cm³/mol. The first-order valence-electron chi connectivity index (χ1n) is 14.3. The van der Waals surface area contributed by atoms with Crippen LogP contribution in [0.5, 0.6) is 0 Å². The maximum atomic E-state index is 5.12. The Morgan fingerprint density at radius 1 is 0.595 bits per heavy atom. The van der Waals surface area contributed by atoms with Crippen molar-refractivity contribution >= 4 is 44.9 Å². The molecule has 0 radical (unpaired) electrons. The SMILES string of the molecule is CC1=CC(C)=NC2=NC(c3ccc(C4=NC(c5ccc6ccccc6c5)N=C(c5ccc6ccccc6c5)N4)cc3)[NH+]12. The van der Waals surface area contributed by atoms with Gasteiger partial charge < -0.3 is 5.32 Å². The van der Waals surface area contributed by atoms with Gasteiger partial charge in [-0.25, -0.2) is 14.9 Å². The molecule has 8 rings (SSSR count). The van der Waals surface area contributed by atoms with Crippen LogP contribution in [-0.4, -0.2) is 23.3 Å². The van der Waals surface area contributed by atoms with Crippen molar-refractivity contribution in [3.63, 3.8) is 0 Å². The zero-order chi connectivity index (χ0) is 28.2. The molecule has 5 aromatic carbocycles. The van der Waals surface area contributed by atoms with Crippen LogP contribution in [0, 0.1) is 0 Å². The van der Waals surface area contributed by atoms with Crippen molar-refractivity contribution in [2.45, 2.75) is 26.2 Å². The van der Waals surface area contributed by atoms with Crippen LogP contribution in [0.1, 0.15) is 48.4 Å². The molecule has 6 nitrogen and oxygen atoms in total. The van der Waals surface area contributed by atoms with Gasteiger partial charge in [-0.05, 0) is 46.2 Å². The first kappa shape index (κ1) is 24.6. The van der Waals surface area contributed by atoms with Crippen LogP contribution in [0.3, 0.4) is 0 Å². The summed E-state index contributed by atoms with van der Waals surface area (Å²) in [4.78, 5) is 20.9. The van der Waals surface area contributed by atoms with E-state index in [9.17, 15) is 0 Å². The number of nitrogens with zero attached hydrogens (tertiary/aromatic N) is 4. The van der Waals surface area contributed by atoms with Crippen LogP contribution >= 0.6 is 0 Å². The summed E-state index contributed by atoms with van der Waals surface area (Å²) in [5, 5.41) is 8.34. The van der Waals surface area contributed by atoms with Gasteiger partial charge in [0.2, 0.25) is 6.17 Å². The maximum Gasteiger partial charge on any atom is 0.335 e. The van der Waals surface area contributed by atoms with Gasteiger partial charge in [-0.2, -0.15) is 9.98 Å². The average molecular weight is 546 g/mol. The topological polar surface area (TPSA) is 65.9 Å². The van der Waals surface area contributed by atoms with Crippen molar-refractivity contribution in [2.24, 2.45) is 20.0 Å². The molecule has 0 saturated carbocycles. The summed E-state index contributed by atoms with van der Waals surface area (Å²) in [6, 6.07) is 38.3. The van der Waals surface area contributed by atoms with E-state index in [0.29, 0.717) is 0 Å². The normalized spacial score (nSPS) is 21.3. The molecule has 0 aliphatic carbocycles. The van der Waals surface area contributed by atoms with Crippen molar-refractivity contribution in [3.05, 3.63) is 143 Å². The molecule has 0 saturated heterocycles. The molecule has 202 valence electrons. The van der Waals surface area contributed by atoms with Gasteiger partial charge >= 0.3 is 5.96 Å². The summed E-state index contributed by atoms with van der Waals surface area (Å²) in [6.45, 7) is 4.16. The second kappa shape index (κ2) is 9.72. The van der Waals surface area contributed by atoms with Crippen molar-refractivity contribution in [1.29, 1.82) is 0 Å². The molecule has 5 aromatic rings. The molecule has 3 atom stereocenters. The van der Waals surface area contributed by atoms with Crippen LogP contribution in [0.25, 0.3) is 21.5 Å². The second-order valence-electron chi connectivity index (χ2n) is 11.1. The highest BCUT2D eigenvalue weighted by Crippen LogP contribution is 2.28. The molecular formula is C36H29N6+. The van der Waals surface area contributed by atoms with E-state index < -0.39 is 0 Å². The molecule has 42 heavy (non-hydrogen) atoms. The highest BCUT2D eigenvalue weighted by atomic mass is 15.4. The van der Waals surface area contributed by atoms with Gasteiger partial charge in [0.25, 0.3) is 0 Å². The van der Waals surface area contributed by atoms with Crippen molar-refractivity contribution < 1.29 is 4.90 Å². The molecule has 6 heteroatoms. The monoisotopic (exact) mass is 545 g/mol. The third-order valence-electron chi connectivity index (χ3n) is 8.23. The molecule has 0 spiro atoms. The number of benzene rings is 5. The molecule has 3 aliphatic rings. The molecule has 0 aromatic heterocycles. The first-order valence-corrected chi connectivity index (χ1v) is 14.3. The minimum atomic E-state index is -0.363. The fraction of sp³-hybridized carbons (Fsp3) is 0.111. The molecule has 0 bridgehead atoms. The molecule has 0 amide bonds. The minimum Gasteiger partial charge on any atom is -0.324 e. The average Bonchev–Trinajstić information content (AvgIpc) is 3.01. The highest BCUT2D eigenvalue weighted by Gasteiger charge is 2.42. The van der Waals surface area contributed by atoms with Gasteiger partial charge in [0, 0.05) is 29.7 Å². The van der Waals surface area contributed by atoms with Gasteiger partial charge in [0.05, 0.1) is 5.71 Å². The minimum absolute atomic E-state index is 0.0310. The van der Waals surface area contributed by atoms with E-state index in [1.807, 2.05) is 6.92 Å². The molecule has 0 fully saturated rings. The van der Waals surface area contributed by atoms with Crippen LogP contribution in [0.15, 0.2) is 141 Å². The number of fused-ring (bicyclic) bond motifs is 3. The summed E-state index contributed by atoms with van der Waals surface area (Å²) < 4.78 is 0. The van der Waals surface area contributed by atoms with E-state index in [2.05, 4.69) is 133 Å². The van der Waals surface area contributed by atoms with E-state index in [-0.39, 0.29) is 12.3 Å². The highest BCUT2D eigenvalue weighted by molar-refractivity contribution is 6.16. The Morgan fingerprint density at radius 2 is 1.19 bits per heavy atom. The number of rotatable bonds is 4. The van der Waals surface area contributed by atoms with Crippen molar-refractivity contribution in [2.75, 3.05) is 0 Å². The van der Waals surface area contributed by atoms with Crippen LogP contribution in [0.2, 0.25) is 0 Å². The lowest BCUT2D eigenvalue weighted by Gasteiger charge is -2.33. The molecule has 3 unspecified atom stereocenters. The van der Waals surface area contributed by atoms with E-state index >= 15 is 0 Å². The largest absolute Gasteiger partial charge is 0.335 e. The Kier molecular flexibility index (Phi) is 5.69. The lowest BCUT2D eigenvalue weighted by molar-refractivity contribution is -0.823. The van der Waals surface area contributed by atoms with E-state index in [1.54, 1.807) is 0 Å². The second-order valence-corrected chi connectivity index (χ2v) is 11.1. The molecule has 2 N–H and O–H groups in total. The van der Waals surface area contributed by atoms with Crippen LogP contribution in [0.4, 0.5) is 0 Å². The van der Waals surface area contributed by atoms with E-state index in [4.69, 9.17) is 15.0 Å². The number of allylic oxidation sites excluding steroid dienone is 2. The smallest absolute Gasteiger partial charge is 0.324 e. The zero-order valence-corrected chi connectivity index (χ0v) is 23.4. The third kappa shape index (κ3) is 4.24. The van der Waals surface area contributed by atoms with Gasteiger partial charge in [0.15, 0.2) is 6.17 Å². The fourth-order valence-electron chi connectivity index (χ4n) is 6.05. The lowest BCUT2D eigenvalue weighted by atomic mass is 10.0. The van der Waals surface area contributed by atoms with Crippen molar-refractivity contribution in [1.82, 2.24) is 5.32 Å². The van der Waals surface area contributed by atoms with Crippen molar-refractivity contribution in [3.8, 4) is 0 Å². The summed E-state index contributed by atoms with van der Waals surface area (Å²) in [7, 11) is 0. The Bertz CT molecular complexity index is 2050. The van der Waals surface area contributed by atoms with Crippen LogP contribution in [-0.2, 0) is 0 Å². The predicted octanol–water partition coefficient (Wildman–Crippen LogP) is 6.12. The summed E-state index contributed by atoms with van der Waals surface area (Å²) >= 11 is 0. The number of amidine groups is 2. The van der Waals surface area contributed by atoms with Gasteiger partial charge in [-0.15, -0.1) is 0 Å². The number of hydrogen-bond donors (Lipinski definition) is 2. The Morgan fingerprint density at radius 3 is 1.90 bits per heavy atom. The fourth-order valence-corrected chi connectivity index (χ4v) is 6.05. The first-order chi connectivity index (χ1) is 20.6. The van der Waals surface area contributed by atoms with Crippen LogP contribution < -0.4 is 10.2 Å². The van der Waals surface area contributed by atoms with Gasteiger partial charge in [-0.3, -0.25) is 0 Å². The zero-order valence-electron chi connectivity index (χ0n) is 23.4. The third-order valence-corrected chi connectivity index (χ3v) is 8.23. The maximum absolute atomic E-state index is 5.12. The number of nitrogens with one attached hydrogen (secondary N) is 2. The van der Waals surface area contributed by atoms with E-state index in [0.717, 1.165) is 45.6 Å². The lowest BCUT2D eigenvalue weighted by Crippen LogP contribution is -3.17. The summed E-state index contributed by atoms with van der Waals surface area (Å²) in [6.07, 6.45) is 1.80. The summed E-state index contributed by atoms with van der Waals surface area (Å²) in [5.74, 6) is 2.49. The van der Waals surface area contributed by atoms with Gasteiger partial charge in [0.1, 0.15) is 17.4 Å². The Hall–Kier alpha value is -5.20. The van der Waals surface area contributed by atoms with Gasteiger partial charge in [-0.1, -0.05) is 97.1 Å². The Labute approximate surface area is 244 Å².